The molecule has 2 heterocycles. The highest BCUT2D eigenvalue weighted by Gasteiger charge is 2.15. The minimum Gasteiger partial charge on any atom is -0.497 e. The molecule has 1 amide bonds. The number of anilines is 1. The van der Waals surface area contributed by atoms with E-state index in [0.717, 1.165) is 22.6 Å². The van der Waals surface area contributed by atoms with Crippen molar-refractivity contribution in [3.63, 3.8) is 0 Å². The number of methoxy groups -OCH3 is 1. The highest BCUT2D eigenvalue weighted by Crippen LogP contribution is 2.28. The van der Waals surface area contributed by atoms with E-state index in [2.05, 4.69) is 10.3 Å². The summed E-state index contributed by atoms with van der Waals surface area (Å²) in [6, 6.07) is 18.2. The van der Waals surface area contributed by atoms with E-state index in [0.29, 0.717) is 15.9 Å². The summed E-state index contributed by atoms with van der Waals surface area (Å²) in [6.07, 6.45) is 0. The zero-order valence-corrected chi connectivity index (χ0v) is 16.4. The fourth-order valence-electron chi connectivity index (χ4n) is 2.64. The van der Waals surface area contributed by atoms with E-state index in [1.165, 1.54) is 11.3 Å². The van der Waals surface area contributed by atoms with E-state index >= 15 is 0 Å². The maximum absolute atomic E-state index is 12.5. The van der Waals surface area contributed by atoms with Crippen LogP contribution in [-0.4, -0.2) is 18.0 Å². The summed E-state index contributed by atoms with van der Waals surface area (Å²) in [5.74, 6) is 1.20. The number of hydrogen-bond donors (Lipinski definition) is 1. The van der Waals surface area contributed by atoms with E-state index in [1.54, 1.807) is 31.4 Å². The zero-order chi connectivity index (χ0) is 19.5. The Balaban J connectivity index is 1.48. The summed E-state index contributed by atoms with van der Waals surface area (Å²) >= 11 is 7.36. The summed E-state index contributed by atoms with van der Waals surface area (Å²) in [4.78, 5) is 16.9. The van der Waals surface area contributed by atoms with Crippen molar-refractivity contribution in [1.29, 1.82) is 0 Å². The molecule has 0 unspecified atom stereocenters. The Morgan fingerprint density at radius 1 is 1.11 bits per heavy atom. The largest absolute Gasteiger partial charge is 0.497 e. The van der Waals surface area contributed by atoms with Gasteiger partial charge >= 0.3 is 0 Å². The van der Waals surface area contributed by atoms with Gasteiger partial charge in [0.2, 0.25) is 0 Å². The molecule has 7 heteroatoms. The minimum absolute atomic E-state index is 0.205. The Kier molecular flexibility index (Phi) is 5.14. The molecule has 0 atom stereocenters. The summed E-state index contributed by atoms with van der Waals surface area (Å²) in [7, 11) is 1.62. The predicted octanol–water partition coefficient (Wildman–Crippen LogP) is 5.98. The third kappa shape index (κ3) is 3.93. The van der Waals surface area contributed by atoms with Crippen LogP contribution in [0.1, 0.15) is 10.6 Å². The Hall–Kier alpha value is -3.09. The number of carbonyl (C=O) groups excluding carboxylic acids is 1. The maximum atomic E-state index is 12.5. The number of thiazole rings is 1. The number of benzene rings is 2. The van der Waals surface area contributed by atoms with Gasteiger partial charge in [-0.15, -0.1) is 11.3 Å². The van der Waals surface area contributed by atoms with Gasteiger partial charge in [0.15, 0.2) is 10.9 Å². The Bertz CT molecular complexity index is 1120. The topological polar surface area (TPSA) is 64.4 Å². The van der Waals surface area contributed by atoms with Crippen molar-refractivity contribution in [3.05, 3.63) is 76.8 Å². The molecule has 0 aliphatic rings. The monoisotopic (exact) mass is 410 g/mol. The number of furan rings is 1. The summed E-state index contributed by atoms with van der Waals surface area (Å²) in [5.41, 5.74) is 2.53. The molecule has 0 saturated heterocycles. The lowest BCUT2D eigenvalue weighted by atomic mass is 10.2. The molecule has 0 spiro atoms. The van der Waals surface area contributed by atoms with Crippen LogP contribution in [0.15, 0.2) is 70.5 Å². The number of nitrogens with one attached hydrogen (secondary N) is 1. The lowest BCUT2D eigenvalue weighted by Gasteiger charge is -2.01. The molecular formula is C21H15ClN2O3S. The van der Waals surface area contributed by atoms with Crippen molar-refractivity contribution in [2.45, 2.75) is 0 Å². The van der Waals surface area contributed by atoms with Gasteiger partial charge in [0, 0.05) is 21.5 Å². The molecule has 28 heavy (non-hydrogen) atoms. The first-order chi connectivity index (χ1) is 13.6. The van der Waals surface area contributed by atoms with Crippen LogP contribution in [0.3, 0.4) is 0 Å². The number of amides is 1. The standard InChI is InChI=1S/C21H15ClN2O3S/c1-26-16-7-5-13(6-8-16)17-12-28-21(23-17)24-20(25)19-10-9-18(27-19)14-3-2-4-15(22)11-14/h2-12H,1H3,(H,23,24,25). The van der Waals surface area contributed by atoms with Crippen LogP contribution < -0.4 is 10.1 Å². The lowest BCUT2D eigenvalue weighted by Crippen LogP contribution is -2.10. The molecular weight excluding hydrogens is 396 g/mol. The van der Waals surface area contributed by atoms with Crippen LogP contribution in [0.2, 0.25) is 5.02 Å². The molecule has 4 rings (SSSR count). The van der Waals surface area contributed by atoms with E-state index in [1.807, 2.05) is 41.8 Å². The van der Waals surface area contributed by atoms with Gasteiger partial charge in [0.25, 0.3) is 5.91 Å². The van der Waals surface area contributed by atoms with Gasteiger partial charge in [0.1, 0.15) is 11.5 Å². The first-order valence-corrected chi connectivity index (χ1v) is 9.65. The molecule has 4 aromatic rings. The molecule has 1 N–H and O–H groups in total. The van der Waals surface area contributed by atoms with Gasteiger partial charge in [-0.3, -0.25) is 10.1 Å². The summed E-state index contributed by atoms with van der Waals surface area (Å²) < 4.78 is 10.8. The second-order valence-electron chi connectivity index (χ2n) is 5.89. The normalized spacial score (nSPS) is 10.6. The molecule has 0 bridgehead atoms. The number of halogens is 1. The van der Waals surface area contributed by atoms with Crippen LogP contribution in [0.5, 0.6) is 5.75 Å². The quantitative estimate of drug-likeness (QED) is 0.439. The van der Waals surface area contributed by atoms with Crippen molar-refractivity contribution in [1.82, 2.24) is 4.98 Å². The molecule has 140 valence electrons. The van der Waals surface area contributed by atoms with Crippen LogP contribution in [0.25, 0.3) is 22.6 Å². The van der Waals surface area contributed by atoms with Crippen molar-refractivity contribution < 1.29 is 13.9 Å². The van der Waals surface area contributed by atoms with Crippen molar-refractivity contribution in [2.24, 2.45) is 0 Å². The number of nitrogens with zero attached hydrogens (tertiary/aromatic N) is 1. The fraction of sp³-hybridized carbons (Fsp3) is 0.0476. The maximum Gasteiger partial charge on any atom is 0.293 e. The SMILES string of the molecule is COc1ccc(-c2csc(NC(=O)c3ccc(-c4cccc(Cl)c4)o3)n2)cc1. The number of hydrogen-bond acceptors (Lipinski definition) is 5. The van der Waals surface area contributed by atoms with Crippen LogP contribution >= 0.6 is 22.9 Å². The predicted molar refractivity (Wildman–Crippen MR) is 111 cm³/mol. The Morgan fingerprint density at radius 2 is 1.93 bits per heavy atom. The minimum atomic E-state index is -0.357. The van der Waals surface area contributed by atoms with E-state index in [-0.39, 0.29) is 11.7 Å². The van der Waals surface area contributed by atoms with Crippen LogP contribution in [-0.2, 0) is 0 Å². The number of carbonyl (C=O) groups is 1. The second-order valence-corrected chi connectivity index (χ2v) is 7.19. The third-order valence-corrected chi connectivity index (χ3v) is 5.04. The van der Waals surface area contributed by atoms with Gasteiger partial charge < -0.3 is 9.15 Å². The van der Waals surface area contributed by atoms with Crippen molar-refractivity contribution in [2.75, 3.05) is 12.4 Å². The number of aromatic nitrogens is 1. The smallest absolute Gasteiger partial charge is 0.293 e. The fourth-order valence-corrected chi connectivity index (χ4v) is 3.55. The van der Waals surface area contributed by atoms with Gasteiger partial charge in [-0.2, -0.15) is 0 Å². The van der Waals surface area contributed by atoms with E-state index < -0.39 is 0 Å². The van der Waals surface area contributed by atoms with Crippen molar-refractivity contribution in [3.8, 4) is 28.3 Å². The average molecular weight is 411 g/mol. The molecule has 5 nitrogen and oxygen atoms in total. The molecule has 0 aliphatic carbocycles. The summed E-state index contributed by atoms with van der Waals surface area (Å²) in [5, 5.41) is 5.76. The first-order valence-electron chi connectivity index (χ1n) is 8.39. The highest BCUT2D eigenvalue weighted by molar-refractivity contribution is 7.14. The third-order valence-electron chi connectivity index (χ3n) is 4.05. The molecule has 0 saturated carbocycles. The van der Waals surface area contributed by atoms with E-state index in [9.17, 15) is 4.79 Å². The zero-order valence-electron chi connectivity index (χ0n) is 14.8. The molecule has 2 aromatic carbocycles. The van der Waals surface area contributed by atoms with Crippen LogP contribution in [0, 0.1) is 0 Å². The lowest BCUT2D eigenvalue weighted by molar-refractivity contribution is 0.0997. The molecule has 0 fully saturated rings. The Morgan fingerprint density at radius 3 is 2.68 bits per heavy atom. The number of ether oxygens (including phenoxy) is 1. The van der Waals surface area contributed by atoms with Gasteiger partial charge in [-0.25, -0.2) is 4.98 Å². The highest BCUT2D eigenvalue weighted by atomic mass is 35.5. The molecule has 0 radical (unpaired) electrons. The molecule has 0 aliphatic heterocycles. The van der Waals surface area contributed by atoms with Gasteiger partial charge in [0.05, 0.1) is 12.8 Å². The van der Waals surface area contributed by atoms with Crippen LogP contribution in [0.4, 0.5) is 5.13 Å². The van der Waals surface area contributed by atoms with Gasteiger partial charge in [-0.05, 0) is 48.5 Å². The van der Waals surface area contributed by atoms with Gasteiger partial charge in [-0.1, -0.05) is 23.7 Å². The van der Waals surface area contributed by atoms with Crippen molar-refractivity contribution >= 4 is 34.0 Å². The Labute approximate surface area is 170 Å². The number of rotatable bonds is 5. The second kappa shape index (κ2) is 7.88. The average Bonchev–Trinajstić information content (AvgIpc) is 3.38. The first kappa shape index (κ1) is 18.3. The summed E-state index contributed by atoms with van der Waals surface area (Å²) in [6.45, 7) is 0. The van der Waals surface area contributed by atoms with E-state index in [4.69, 9.17) is 20.8 Å². The molecule has 2 aromatic heterocycles.